The molecule has 1 atom stereocenters. The number of aromatic nitrogens is 1. The van der Waals surface area contributed by atoms with Crippen molar-refractivity contribution >= 4 is 5.91 Å². The summed E-state index contributed by atoms with van der Waals surface area (Å²) >= 11 is 0. The second-order valence-electron chi connectivity index (χ2n) is 9.59. The van der Waals surface area contributed by atoms with Gasteiger partial charge in [0.1, 0.15) is 23.9 Å². The number of hydrogen-bond acceptors (Lipinski definition) is 5. The van der Waals surface area contributed by atoms with Crippen LogP contribution < -0.4 is 14.8 Å². The molecular formula is C29H32F4N2O4. The molecule has 210 valence electrons. The highest BCUT2D eigenvalue weighted by atomic mass is 19.3. The molecule has 1 amide bonds. The second kappa shape index (κ2) is 12.9. The summed E-state index contributed by atoms with van der Waals surface area (Å²) in [5, 5.41) is 11.2. The van der Waals surface area contributed by atoms with Crippen LogP contribution in [-0.4, -0.2) is 35.1 Å². The minimum absolute atomic E-state index is 0.0577. The number of rotatable bonds is 12. The van der Waals surface area contributed by atoms with Gasteiger partial charge in [-0.1, -0.05) is 38.1 Å². The topological polar surface area (TPSA) is 80.7 Å². The van der Waals surface area contributed by atoms with E-state index in [0.29, 0.717) is 16.8 Å². The van der Waals surface area contributed by atoms with Gasteiger partial charge in [0, 0.05) is 43.6 Å². The number of aliphatic hydroxyl groups is 1. The van der Waals surface area contributed by atoms with Crippen LogP contribution in [0.2, 0.25) is 0 Å². The molecule has 0 aliphatic heterocycles. The van der Waals surface area contributed by atoms with Crippen molar-refractivity contribution in [1.82, 2.24) is 10.3 Å². The van der Waals surface area contributed by atoms with Crippen molar-refractivity contribution in [3.63, 3.8) is 0 Å². The summed E-state index contributed by atoms with van der Waals surface area (Å²) < 4.78 is 65.7. The van der Waals surface area contributed by atoms with E-state index in [2.05, 4.69) is 10.3 Å². The Balaban J connectivity index is 1.98. The molecule has 2 N–H and O–H groups in total. The quantitative estimate of drug-likeness (QED) is 0.260. The third kappa shape index (κ3) is 8.41. The van der Waals surface area contributed by atoms with E-state index in [1.165, 1.54) is 38.1 Å². The Hall–Kier alpha value is -3.66. The highest BCUT2D eigenvalue weighted by Gasteiger charge is 2.23. The molecule has 0 saturated carbocycles. The minimum atomic E-state index is -3.09. The molecule has 2 aromatic carbocycles. The molecule has 1 heterocycles. The molecule has 0 aliphatic rings. The first-order valence-corrected chi connectivity index (χ1v) is 12.5. The number of carbonyl (C=O) groups excluding carboxylic acids is 1. The summed E-state index contributed by atoms with van der Waals surface area (Å²) in [5.41, 5.74) is 2.51. The molecule has 0 bridgehead atoms. The summed E-state index contributed by atoms with van der Waals surface area (Å²) in [6.07, 6.45) is 0.951. The fourth-order valence-corrected chi connectivity index (χ4v) is 3.94. The van der Waals surface area contributed by atoms with Crippen molar-refractivity contribution in [2.75, 3.05) is 6.61 Å². The SMILES string of the molecule is CCC(C)c1ccc(-c2nc(Cc3ccc(CNC(=O)CO)c(F)c3)ccc2OC(F)F)cc1OC(C)(C)F. The predicted molar refractivity (Wildman–Crippen MR) is 139 cm³/mol. The Morgan fingerprint density at radius 2 is 1.85 bits per heavy atom. The molecule has 0 spiro atoms. The zero-order chi connectivity index (χ0) is 28.7. The number of alkyl halides is 3. The van der Waals surface area contributed by atoms with E-state index in [-0.39, 0.29) is 41.6 Å². The first kappa shape index (κ1) is 29.9. The van der Waals surface area contributed by atoms with Gasteiger partial charge in [-0.2, -0.15) is 13.2 Å². The Morgan fingerprint density at radius 3 is 2.46 bits per heavy atom. The number of halogens is 4. The summed E-state index contributed by atoms with van der Waals surface area (Å²) in [5.74, 6) is -2.99. The zero-order valence-corrected chi connectivity index (χ0v) is 22.2. The van der Waals surface area contributed by atoms with Crippen molar-refractivity contribution in [2.45, 2.75) is 65.5 Å². The van der Waals surface area contributed by atoms with E-state index in [4.69, 9.17) is 14.6 Å². The fraction of sp³-hybridized carbons (Fsp3) is 0.379. The zero-order valence-electron chi connectivity index (χ0n) is 22.2. The molecule has 0 saturated heterocycles. The minimum Gasteiger partial charge on any atom is -0.458 e. The molecule has 0 fully saturated rings. The van der Waals surface area contributed by atoms with Gasteiger partial charge in [-0.15, -0.1) is 0 Å². The number of pyridine rings is 1. The molecule has 3 rings (SSSR count). The van der Waals surface area contributed by atoms with E-state index in [9.17, 15) is 22.4 Å². The van der Waals surface area contributed by atoms with Crippen LogP contribution in [0.4, 0.5) is 17.6 Å². The highest BCUT2D eigenvalue weighted by molar-refractivity contribution is 5.76. The smallest absolute Gasteiger partial charge is 0.387 e. The van der Waals surface area contributed by atoms with Gasteiger partial charge in [0.05, 0.1) is 0 Å². The lowest BCUT2D eigenvalue weighted by Gasteiger charge is -2.23. The number of ether oxygens (including phenoxy) is 2. The molecule has 6 nitrogen and oxygen atoms in total. The molecule has 3 aromatic rings. The first-order chi connectivity index (χ1) is 18.4. The van der Waals surface area contributed by atoms with E-state index in [1.807, 2.05) is 13.8 Å². The Bertz CT molecular complexity index is 1290. The molecule has 0 aliphatic carbocycles. The van der Waals surface area contributed by atoms with Crippen molar-refractivity contribution in [3.8, 4) is 22.8 Å². The number of nitrogens with zero attached hydrogens (tertiary/aromatic N) is 1. The van der Waals surface area contributed by atoms with Gasteiger partial charge in [0.15, 0.2) is 5.75 Å². The number of hydrogen-bond donors (Lipinski definition) is 2. The Kier molecular flexibility index (Phi) is 9.91. The number of nitrogens with one attached hydrogen (secondary N) is 1. The van der Waals surface area contributed by atoms with Crippen LogP contribution in [-0.2, 0) is 17.8 Å². The van der Waals surface area contributed by atoms with Crippen molar-refractivity contribution in [1.29, 1.82) is 0 Å². The van der Waals surface area contributed by atoms with E-state index in [0.717, 1.165) is 12.0 Å². The van der Waals surface area contributed by atoms with Crippen LogP contribution in [0.1, 0.15) is 62.4 Å². The van der Waals surface area contributed by atoms with Gasteiger partial charge in [0.25, 0.3) is 0 Å². The van der Waals surface area contributed by atoms with Crippen LogP contribution in [0.25, 0.3) is 11.3 Å². The molecule has 1 unspecified atom stereocenters. The third-order valence-corrected chi connectivity index (χ3v) is 6.04. The Morgan fingerprint density at radius 1 is 1.10 bits per heavy atom. The maximum absolute atomic E-state index is 14.6. The second-order valence-corrected chi connectivity index (χ2v) is 9.59. The third-order valence-electron chi connectivity index (χ3n) is 6.04. The van der Waals surface area contributed by atoms with Crippen LogP contribution in [0, 0.1) is 5.82 Å². The van der Waals surface area contributed by atoms with Gasteiger partial charge in [0.2, 0.25) is 11.8 Å². The van der Waals surface area contributed by atoms with Gasteiger partial charge in [-0.3, -0.25) is 4.79 Å². The number of benzene rings is 2. The maximum Gasteiger partial charge on any atom is 0.387 e. The van der Waals surface area contributed by atoms with E-state index >= 15 is 0 Å². The van der Waals surface area contributed by atoms with E-state index in [1.54, 1.807) is 24.3 Å². The van der Waals surface area contributed by atoms with Crippen LogP contribution in [0.5, 0.6) is 11.5 Å². The van der Waals surface area contributed by atoms with Crippen molar-refractivity contribution < 1.29 is 36.9 Å². The largest absolute Gasteiger partial charge is 0.458 e. The number of amides is 1. The standard InChI is InChI=1S/C29H32F4N2O4/c1-5-17(2)22-10-8-19(14-25(22)39-29(3,4)33)27-24(38-28(31)32)11-9-21(35-27)12-18-6-7-20(23(30)13-18)15-34-26(37)16-36/h6-11,13-14,17,28,36H,5,12,15-16H2,1-4H3,(H,34,37). The summed E-state index contributed by atoms with van der Waals surface area (Å²) in [4.78, 5) is 15.8. The molecule has 39 heavy (non-hydrogen) atoms. The number of carbonyl (C=O) groups is 1. The highest BCUT2D eigenvalue weighted by Crippen LogP contribution is 2.38. The number of aliphatic hydroxyl groups excluding tert-OH is 1. The fourth-order valence-electron chi connectivity index (χ4n) is 3.94. The van der Waals surface area contributed by atoms with E-state index < -0.39 is 30.8 Å². The lowest BCUT2D eigenvalue weighted by Crippen LogP contribution is -2.26. The average molecular weight is 549 g/mol. The van der Waals surface area contributed by atoms with Crippen molar-refractivity contribution in [3.05, 3.63) is 76.7 Å². The lowest BCUT2D eigenvalue weighted by atomic mass is 9.95. The summed E-state index contributed by atoms with van der Waals surface area (Å²) in [6, 6.07) is 12.3. The van der Waals surface area contributed by atoms with Gasteiger partial charge >= 0.3 is 6.61 Å². The lowest BCUT2D eigenvalue weighted by molar-refractivity contribution is -0.124. The summed E-state index contributed by atoms with van der Waals surface area (Å²) in [6.45, 7) is 2.64. The molecular weight excluding hydrogens is 516 g/mol. The maximum atomic E-state index is 14.6. The van der Waals surface area contributed by atoms with Gasteiger partial charge in [-0.05, 0) is 47.7 Å². The first-order valence-electron chi connectivity index (χ1n) is 12.5. The van der Waals surface area contributed by atoms with Crippen LogP contribution in [0.15, 0.2) is 48.5 Å². The predicted octanol–water partition coefficient (Wildman–Crippen LogP) is 6.29. The van der Waals surface area contributed by atoms with Gasteiger partial charge in [-0.25, -0.2) is 9.37 Å². The van der Waals surface area contributed by atoms with Crippen LogP contribution in [0.3, 0.4) is 0 Å². The normalized spacial score (nSPS) is 12.4. The summed E-state index contributed by atoms with van der Waals surface area (Å²) in [7, 11) is 0. The van der Waals surface area contributed by atoms with Crippen molar-refractivity contribution in [2.24, 2.45) is 0 Å². The Labute approximate surface area is 225 Å². The molecule has 10 heteroatoms. The van der Waals surface area contributed by atoms with Gasteiger partial charge < -0.3 is 19.9 Å². The monoisotopic (exact) mass is 548 g/mol. The average Bonchev–Trinajstić information content (AvgIpc) is 2.87. The molecule has 1 aromatic heterocycles. The van der Waals surface area contributed by atoms with Crippen LogP contribution >= 0.6 is 0 Å². The molecule has 0 radical (unpaired) electrons.